The molecule has 1 aromatic heterocycles. The molecule has 24 heavy (non-hydrogen) atoms. The van der Waals surface area contributed by atoms with E-state index in [0.717, 1.165) is 27.4 Å². The van der Waals surface area contributed by atoms with E-state index in [2.05, 4.69) is 36.6 Å². The van der Waals surface area contributed by atoms with Crippen LogP contribution in [0.2, 0.25) is 0 Å². The Morgan fingerprint density at radius 3 is 2.46 bits per heavy atom. The Bertz CT molecular complexity index is 898. The Hall–Kier alpha value is -2.53. The molecule has 0 bridgehead atoms. The average Bonchev–Trinajstić information content (AvgIpc) is 2.99. The van der Waals surface area contributed by atoms with Crippen molar-refractivity contribution in [3.05, 3.63) is 79.2 Å². The highest BCUT2D eigenvalue weighted by molar-refractivity contribution is 7.10. The van der Waals surface area contributed by atoms with Crippen LogP contribution < -0.4 is 0 Å². The minimum atomic E-state index is -0.328. The van der Waals surface area contributed by atoms with Gasteiger partial charge in [-0.15, -0.1) is 11.3 Å². The van der Waals surface area contributed by atoms with Crippen molar-refractivity contribution >= 4 is 17.0 Å². The first-order valence-electron chi connectivity index (χ1n) is 7.70. The highest BCUT2D eigenvalue weighted by Gasteiger charge is 2.14. The molecule has 0 N–H and O–H groups in total. The third-order valence-corrected chi connectivity index (χ3v) is 4.94. The van der Waals surface area contributed by atoms with Crippen LogP contribution in [0.25, 0.3) is 11.3 Å². The summed E-state index contributed by atoms with van der Waals surface area (Å²) in [6, 6.07) is 11.9. The lowest BCUT2D eigenvalue weighted by molar-refractivity contribution is -0.385. The van der Waals surface area contributed by atoms with Gasteiger partial charge in [-0.25, -0.2) is 4.98 Å². The van der Waals surface area contributed by atoms with Gasteiger partial charge in [-0.2, -0.15) is 0 Å². The molecule has 0 unspecified atom stereocenters. The minimum Gasteiger partial charge on any atom is -0.258 e. The van der Waals surface area contributed by atoms with Crippen LogP contribution in [-0.2, 0) is 6.42 Å². The van der Waals surface area contributed by atoms with E-state index in [9.17, 15) is 10.1 Å². The largest absolute Gasteiger partial charge is 0.272 e. The van der Waals surface area contributed by atoms with Gasteiger partial charge < -0.3 is 0 Å². The van der Waals surface area contributed by atoms with Gasteiger partial charge >= 0.3 is 0 Å². The third kappa shape index (κ3) is 3.36. The Balaban J connectivity index is 1.86. The summed E-state index contributed by atoms with van der Waals surface area (Å²) in [6.07, 6.45) is 0.696. The molecule has 2 aromatic carbocycles. The molecule has 5 heteroatoms. The Morgan fingerprint density at radius 1 is 1.08 bits per heavy atom. The van der Waals surface area contributed by atoms with Crippen LogP contribution in [-0.4, -0.2) is 9.91 Å². The number of nitrogens with zero attached hydrogens (tertiary/aromatic N) is 2. The van der Waals surface area contributed by atoms with E-state index in [1.54, 1.807) is 24.3 Å². The number of benzene rings is 2. The fourth-order valence-electron chi connectivity index (χ4n) is 2.66. The van der Waals surface area contributed by atoms with Crippen molar-refractivity contribution in [3.63, 3.8) is 0 Å². The molecule has 0 atom stereocenters. The van der Waals surface area contributed by atoms with Gasteiger partial charge in [0.1, 0.15) is 0 Å². The van der Waals surface area contributed by atoms with Gasteiger partial charge in [-0.1, -0.05) is 29.8 Å². The molecule has 0 spiro atoms. The predicted octanol–water partition coefficient (Wildman–Crippen LogP) is 5.23. The standard InChI is InChI=1S/C19H18N2O2S/c1-12-4-6-15(7-5-12)17-11-24-19(20-17)10-16-8-14(3)18(21(22)23)9-13(16)2/h4-9,11H,10H2,1-3H3. The van der Waals surface area contributed by atoms with Crippen molar-refractivity contribution in [3.8, 4) is 11.3 Å². The molecular weight excluding hydrogens is 320 g/mol. The fraction of sp³-hybridized carbons (Fsp3) is 0.211. The van der Waals surface area contributed by atoms with E-state index in [1.807, 2.05) is 13.0 Å². The van der Waals surface area contributed by atoms with Crippen molar-refractivity contribution in [1.82, 2.24) is 4.98 Å². The second kappa shape index (κ2) is 6.53. The van der Waals surface area contributed by atoms with Gasteiger partial charge in [0.15, 0.2) is 0 Å². The molecule has 0 radical (unpaired) electrons. The number of aryl methyl sites for hydroxylation is 3. The molecule has 4 nitrogen and oxygen atoms in total. The van der Waals surface area contributed by atoms with Gasteiger partial charge in [0, 0.05) is 29.0 Å². The highest BCUT2D eigenvalue weighted by Crippen LogP contribution is 2.27. The molecule has 3 aromatic rings. The quantitative estimate of drug-likeness (QED) is 0.483. The number of nitro benzene ring substituents is 1. The predicted molar refractivity (Wildman–Crippen MR) is 97.7 cm³/mol. The summed E-state index contributed by atoms with van der Waals surface area (Å²) in [4.78, 5) is 15.4. The lowest BCUT2D eigenvalue weighted by atomic mass is 10.0. The van der Waals surface area contributed by atoms with Crippen LogP contribution in [0.15, 0.2) is 41.8 Å². The summed E-state index contributed by atoms with van der Waals surface area (Å²) in [5.74, 6) is 0. The summed E-state index contributed by atoms with van der Waals surface area (Å²) in [6.45, 7) is 5.76. The molecule has 0 aliphatic carbocycles. The van der Waals surface area contributed by atoms with E-state index in [4.69, 9.17) is 4.98 Å². The van der Waals surface area contributed by atoms with Gasteiger partial charge in [-0.3, -0.25) is 10.1 Å². The first kappa shape index (κ1) is 16.3. The summed E-state index contributed by atoms with van der Waals surface area (Å²) in [7, 11) is 0. The van der Waals surface area contributed by atoms with Crippen molar-refractivity contribution in [2.24, 2.45) is 0 Å². The molecule has 0 aliphatic rings. The first-order valence-corrected chi connectivity index (χ1v) is 8.58. The third-order valence-electron chi connectivity index (χ3n) is 4.09. The van der Waals surface area contributed by atoms with Gasteiger partial charge in [-0.05, 0) is 38.0 Å². The monoisotopic (exact) mass is 338 g/mol. The summed E-state index contributed by atoms with van der Waals surface area (Å²) >= 11 is 1.62. The maximum atomic E-state index is 11.0. The van der Waals surface area contributed by atoms with E-state index in [0.29, 0.717) is 12.0 Å². The van der Waals surface area contributed by atoms with Crippen LogP contribution in [0.1, 0.15) is 27.3 Å². The SMILES string of the molecule is Cc1ccc(-c2csc(Cc3cc(C)c([N+](=O)[O-])cc3C)n2)cc1. The topological polar surface area (TPSA) is 56.0 Å². The zero-order chi connectivity index (χ0) is 17.3. The fourth-order valence-corrected chi connectivity index (χ4v) is 3.49. The number of rotatable bonds is 4. The van der Waals surface area contributed by atoms with Gasteiger partial charge in [0.25, 0.3) is 5.69 Å². The van der Waals surface area contributed by atoms with E-state index < -0.39 is 0 Å². The maximum absolute atomic E-state index is 11.0. The zero-order valence-corrected chi connectivity index (χ0v) is 14.7. The van der Waals surface area contributed by atoms with E-state index in [-0.39, 0.29) is 10.6 Å². The van der Waals surface area contributed by atoms with Crippen LogP contribution in [0.4, 0.5) is 5.69 Å². The van der Waals surface area contributed by atoms with Crippen molar-refractivity contribution in [2.45, 2.75) is 27.2 Å². The maximum Gasteiger partial charge on any atom is 0.272 e. The van der Waals surface area contributed by atoms with Crippen LogP contribution in [0.5, 0.6) is 0 Å². The van der Waals surface area contributed by atoms with Crippen molar-refractivity contribution in [2.75, 3.05) is 0 Å². The zero-order valence-electron chi connectivity index (χ0n) is 13.9. The van der Waals surface area contributed by atoms with Gasteiger partial charge in [0.05, 0.1) is 15.6 Å². The molecule has 3 rings (SSSR count). The van der Waals surface area contributed by atoms with E-state index >= 15 is 0 Å². The summed E-state index contributed by atoms with van der Waals surface area (Å²) < 4.78 is 0. The van der Waals surface area contributed by atoms with Crippen LogP contribution in [0.3, 0.4) is 0 Å². The molecule has 122 valence electrons. The normalized spacial score (nSPS) is 10.8. The summed E-state index contributed by atoms with van der Waals surface area (Å²) in [5.41, 5.74) is 6.20. The lowest BCUT2D eigenvalue weighted by Gasteiger charge is -2.06. The Labute approximate surface area is 145 Å². The minimum absolute atomic E-state index is 0.177. The van der Waals surface area contributed by atoms with E-state index in [1.165, 1.54) is 5.56 Å². The second-order valence-corrected chi connectivity index (χ2v) is 6.93. The molecule has 0 amide bonds. The highest BCUT2D eigenvalue weighted by atomic mass is 32.1. The first-order chi connectivity index (χ1) is 11.4. The van der Waals surface area contributed by atoms with Crippen molar-refractivity contribution in [1.29, 1.82) is 0 Å². The van der Waals surface area contributed by atoms with Crippen LogP contribution >= 0.6 is 11.3 Å². The van der Waals surface area contributed by atoms with Crippen LogP contribution in [0, 0.1) is 30.9 Å². The lowest BCUT2D eigenvalue weighted by Crippen LogP contribution is -1.97. The molecular formula is C19H18N2O2S. The average molecular weight is 338 g/mol. The molecule has 0 saturated heterocycles. The number of aromatic nitrogens is 1. The van der Waals surface area contributed by atoms with Gasteiger partial charge in [0.2, 0.25) is 0 Å². The molecule has 0 aliphatic heterocycles. The summed E-state index contributed by atoms with van der Waals surface area (Å²) in [5, 5.41) is 14.1. The van der Waals surface area contributed by atoms with Crippen molar-refractivity contribution < 1.29 is 4.92 Å². The number of thiazole rings is 1. The Kier molecular flexibility index (Phi) is 4.44. The molecule has 0 saturated carbocycles. The number of hydrogen-bond donors (Lipinski definition) is 0. The smallest absolute Gasteiger partial charge is 0.258 e. The molecule has 0 fully saturated rings. The second-order valence-electron chi connectivity index (χ2n) is 5.99. The number of nitro groups is 1. The number of hydrogen-bond acceptors (Lipinski definition) is 4. The molecule has 1 heterocycles. The Morgan fingerprint density at radius 2 is 1.79 bits per heavy atom.